The van der Waals surface area contributed by atoms with Gasteiger partial charge in [0.25, 0.3) is 0 Å². The number of carbonyl (C=O) groups is 1. The lowest BCUT2D eigenvalue weighted by molar-refractivity contribution is 0.101. The van der Waals surface area contributed by atoms with Crippen molar-refractivity contribution >= 4 is 5.78 Å². The highest BCUT2D eigenvalue weighted by molar-refractivity contribution is 5.96. The molecule has 0 saturated carbocycles. The van der Waals surface area contributed by atoms with Gasteiger partial charge in [-0.1, -0.05) is 19.1 Å². The van der Waals surface area contributed by atoms with Crippen LogP contribution in [0.4, 0.5) is 0 Å². The molecular formula is C12H16O2. The Morgan fingerprint density at radius 3 is 2.57 bits per heavy atom. The first-order valence-electron chi connectivity index (χ1n) is 4.96. The summed E-state index contributed by atoms with van der Waals surface area (Å²) >= 11 is 0. The molecule has 0 bridgehead atoms. The fraction of sp³-hybridized carbons (Fsp3) is 0.417. The molecule has 2 nitrogen and oxygen atoms in total. The Kier molecular flexibility index (Phi) is 3.69. The van der Waals surface area contributed by atoms with Gasteiger partial charge in [-0.15, -0.1) is 0 Å². The number of benzene rings is 1. The van der Waals surface area contributed by atoms with Crippen LogP contribution in [0.2, 0.25) is 0 Å². The van der Waals surface area contributed by atoms with Crippen LogP contribution in [0.15, 0.2) is 18.2 Å². The molecule has 0 saturated heterocycles. The predicted octanol–water partition coefficient (Wildman–Crippen LogP) is 2.85. The first-order chi connectivity index (χ1) is 6.70. The van der Waals surface area contributed by atoms with E-state index in [0.29, 0.717) is 6.61 Å². The molecule has 14 heavy (non-hydrogen) atoms. The van der Waals surface area contributed by atoms with Gasteiger partial charge in [-0.05, 0) is 26.3 Å². The number of Topliss-reactive ketones (excluding diaryl/α,β-unsaturated/α-hetero) is 1. The van der Waals surface area contributed by atoms with E-state index in [4.69, 9.17) is 4.74 Å². The summed E-state index contributed by atoms with van der Waals surface area (Å²) < 4.78 is 5.47. The monoisotopic (exact) mass is 192 g/mol. The summed E-state index contributed by atoms with van der Waals surface area (Å²) in [5, 5.41) is 0. The van der Waals surface area contributed by atoms with Crippen molar-refractivity contribution in [1.82, 2.24) is 0 Å². The Bertz CT molecular complexity index is 329. The second-order valence-electron chi connectivity index (χ2n) is 3.13. The first kappa shape index (κ1) is 10.8. The van der Waals surface area contributed by atoms with Crippen LogP contribution < -0.4 is 4.74 Å². The molecule has 76 valence electrons. The molecule has 1 aromatic rings. The molecule has 0 amide bonds. The van der Waals surface area contributed by atoms with Crippen molar-refractivity contribution in [2.45, 2.75) is 27.2 Å². The van der Waals surface area contributed by atoms with Crippen molar-refractivity contribution in [1.29, 1.82) is 0 Å². The number of rotatable bonds is 4. The van der Waals surface area contributed by atoms with Gasteiger partial charge in [0.15, 0.2) is 5.78 Å². The maximum atomic E-state index is 11.3. The van der Waals surface area contributed by atoms with Crippen molar-refractivity contribution in [3.05, 3.63) is 29.3 Å². The number of ether oxygens (including phenoxy) is 1. The Morgan fingerprint density at radius 2 is 2.07 bits per heavy atom. The molecule has 0 aliphatic carbocycles. The van der Waals surface area contributed by atoms with Gasteiger partial charge in [-0.3, -0.25) is 4.79 Å². The van der Waals surface area contributed by atoms with E-state index >= 15 is 0 Å². The second kappa shape index (κ2) is 4.80. The number of hydrogen-bond acceptors (Lipinski definition) is 2. The molecular weight excluding hydrogens is 176 g/mol. The van der Waals surface area contributed by atoms with Crippen LogP contribution in [0.5, 0.6) is 5.75 Å². The van der Waals surface area contributed by atoms with Gasteiger partial charge in [0, 0.05) is 11.1 Å². The van der Waals surface area contributed by atoms with Crippen molar-refractivity contribution in [2.75, 3.05) is 6.61 Å². The summed E-state index contributed by atoms with van der Waals surface area (Å²) in [7, 11) is 0. The van der Waals surface area contributed by atoms with Crippen molar-refractivity contribution < 1.29 is 9.53 Å². The SMILES string of the molecule is CCOc1cccc(C(C)=O)c1CC. The summed E-state index contributed by atoms with van der Waals surface area (Å²) in [5.41, 5.74) is 1.79. The zero-order chi connectivity index (χ0) is 10.6. The Labute approximate surface area is 84.9 Å². The van der Waals surface area contributed by atoms with Crippen LogP contribution in [0.25, 0.3) is 0 Å². The molecule has 0 fully saturated rings. The molecule has 1 aromatic carbocycles. The van der Waals surface area contributed by atoms with E-state index in [-0.39, 0.29) is 5.78 Å². The molecule has 0 aliphatic rings. The molecule has 1 rings (SSSR count). The minimum absolute atomic E-state index is 0.100. The fourth-order valence-electron chi connectivity index (χ4n) is 1.55. The van der Waals surface area contributed by atoms with Crippen molar-refractivity contribution in [3.8, 4) is 5.75 Å². The Hall–Kier alpha value is -1.31. The zero-order valence-electron chi connectivity index (χ0n) is 8.96. The average Bonchev–Trinajstić information content (AvgIpc) is 2.18. The standard InChI is InChI=1S/C12H16O2/c1-4-10-11(9(3)13)7-6-8-12(10)14-5-2/h6-8H,4-5H2,1-3H3. The fourth-order valence-corrected chi connectivity index (χ4v) is 1.55. The number of hydrogen-bond donors (Lipinski definition) is 0. The van der Waals surface area contributed by atoms with Crippen LogP contribution in [0.1, 0.15) is 36.7 Å². The Balaban J connectivity index is 3.17. The van der Waals surface area contributed by atoms with E-state index in [2.05, 4.69) is 0 Å². The quantitative estimate of drug-likeness (QED) is 0.686. The van der Waals surface area contributed by atoms with Crippen LogP contribution in [-0.4, -0.2) is 12.4 Å². The van der Waals surface area contributed by atoms with Crippen LogP contribution in [-0.2, 0) is 6.42 Å². The minimum Gasteiger partial charge on any atom is -0.494 e. The normalized spacial score (nSPS) is 9.93. The third-order valence-corrected chi connectivity index (χ3v) is 2.17. The Morgan fingerprint density at radius 1 is 1.36 bits per heavy atom. The topological polar surface area (TPSA) is 26.3 Å². The van der Waals surface area contributed by atoms with Crippen LogP contribution in [0.3, 0.4) is 0 Å². The lowest BCUT2D eigenvalue weighted by Gasteiger charge is -2.11. The van der Waals surface area contributed by atoms with E-state index in [9.17, 15) is 4.79 Å². The van der Waals surface area contributed by atoms with E-state index in [0.717, 1.165) is 23.3 Å². The second-order valence-corrected chi connectivity index (χ2v) is 3.13. The van der Waals surface area contributed by atoms with Crippen molar-refractivity contribution in [2.24, 2.45) is 0 Å². The molecule has 0 N–H and O–H groups in total. The smallest absolute Gasteiger partial charge is 0.160 e. The van der Waals surface area contributed by atoms with Gasteiger partial charge in [0.05, 0.1) is 6.61 Å². The molecule has 0 unspecified atom stereocenters. The first-order valence-corrected chi connectivity index (χ1v) is 4.96. The summed E-state index contributed by atoms with van der Waals surface area (Å²) in [6.45, 7) is 6.20. The molecule has 2 heteroatoms. The zero-order valence-corrected chi connectivity index (χ0v) is 8.96. The molecule has 0 radical (unpaired) electrons. The predicted molar refractivity (Wildman–Crippen MR) is 57.0 cm³/mol. The average molecular weight is 192 g/mol. The summed E-state index contributed by atoms with van der Waals surface area (Å²) in [5.74, 6) is 0.936. The van der Waals surface area contributed by atoms with Crippen molar-refractivity contribution in [3.63, 3.8) is 0 Å². The van der Waals surface area contributed by atoms with E-state index in [1.807, 2.05) is 32.0 Å². The molecule has 0 aromatic heterocycles. The number of ketones is 1. The van der Waals surface area contributed by atoms with Gasteiger partial charge in [0.1, 0.15) is 5.75 Å². The van der Waals surface area contributed by atoms with Gasteiger partial charge in [-0.25, -0.2) is 0 Å². The summed E-state index contributed by atoms with van der Waals surface area (Å²) in [4.78, 5) is 11.3. The van der Waals surface area contributed by atoms with E-state index < -0.39 is 0 Å². The highest BCUT2D eigenvalue weighted by Crippen LogP contribution is 2.23. The van der Waals surface area contributed by atoms with Gasteiger partial charge in [0.2, 0.25) is 0 Å². The summed E-state index contributed by atoms with van der Waals surface area (Å²) in [6, 6.07) is 5.62. The molecule has 0 heterocycles. The summed E-state index contributed by atoms with van der Waals surface area (Å²) in [6.07, 6.45) is 0.824. The minimum atomic E-state index is 0.100. The highest BCUT2D eigenvalue weighted by Gasteiger charge is 2.10. The van der Waals surface area contributed by atoms with Gasteiger partial charge < -0.3 is 4.74 Å². The van der Waals surface area contributed by atoms with Gasteiger partial charge >= 0.3 is 0 Å². The maximum absolute atomic E-state index is 11.3. The third-order valence-electron chi connectivity index (χ3n) is 2.17. The van der Waals surface area contributed by atoms with Crippen LogP contribution in [0, 0.1) is 0 Å². The largest absolute Gasteiger partial charge is 0.494 e. The maximum Gasteiger partial charge on any atom is 0.160 e. The molecule has 0 spiro atoms. The third kappa shape index (κ3) is 2.13. The van der Waals surface area contributed by atoms with Gasteiger partial charge in [-0.2, -0.15) is 0 Å². The molecule has 0 atom stereocenters. The lowest BCUT2D eigenvalue weighted by Crippen LogP contribution is -2.03. The highest BCUT2D eigenvalue weighted by atomic mass is 16.5. The lowest BCUT2D eigenvalue weighted by atomic mass is 10.0. The van der Waals surface area contributed by atoms with E-state index in [1.54, 1.807) is 6.92 Å². The number of carbonyl (C=O) groups excluding carboxylic acids is 1. The molecule has 0 aliphatic heterocycles. The van der Waals surface area contributed by atoms with E-state index in [1.165, 1.54) is 0 Å². The van der Waals surface area contributed by atoms with Crippen LogP contribution >= 0.6 is 0 Å².